The van der Waals surface area contributed by atoms with Crippen LogP contribution in [0.4, 0.5) is 0 Å². The Kier molecular flexibility index (Phi) is 4.19. The molecule has 1 fully saturated rings. The van der Waals surface area contributed by atoms with Crippen LogP contribution in [0.25, 0.3) is 0 Å². The van der Waals surface area contributed by atoms with Gasteiger partial charge >= 0.3 is 0 Å². The zero-order chi connectivity index (χ0) is 8.23. The van der Waals surface area contributed by atoms with Gasteiger partial charge in [0.2, 0.25) is 0 Å². The quantitative estimate of drug-likeness (QED) is 0.801. The number of rotatable bonds is 4. The van der Waals surface area contributed by atoms with Gasteiger partial charge in [0.15, 0.2) is 0 Å². The molecule has 1 aliphatic rings. The number of hydrogen-bond donors (Lipinski definition) is 1. The van der Waals surface area contributed by atoms with Crippen molar-refractivity contribution in [1.82, 2.24) is 10.3 Å². The number of nitrogens with one attached hydrogen (secondary N) is 1. The lowest BCUT2D eigenvalue weighted by Crippen LogP contribution is -2.15. The molecule has 0 amide bonds. The molecule has 1 aliphatic carbocycles. The van der Waals surface area contributed by atoms with Crippen molar-refractivity contribution in [2.75, 3.05) is 6.54 Å². The van der Waals surface area contributed by atoms with Crippen LogP contribution in [0.1, 0.15) is 18.4 Å². The van der Waals surface area contributed by atoms with E-state index < -0.39 is 0 Å². The Morgan fingerprint density at radius 3 is 2.92 bits per heavy atom. The number of aromatic nitrogens is 1. The van der Waals surface area contributed by atoms with Crippen LogP contribution in [0.15, 0.2) is 24.5 Å². The highest BCUT2D eigenvalue weighted by Crippen LogP contribution is 2.27. The molecule has 1 aromatic rings. The maximum atomic E-state index is 4.06. The van der Waals surface area contributed by atoms with Gasteiger partial charge in [-0.25, -0.2) is 0 Å². The molecule has 72 valence electrons. The van der Waals surface area contributed by atoms with Gasteiger partial charge in [0.1, 0.15) is 0 Å². The summed E-state index contributed by atoms with van der Waals surface area (Å²) in [5.74, 6) is 0.960. The van der Waals surface area contributed by atoms with Crippen LogP contribution in [0.2, 0.25) is 0 Å². The van der Waals surface area contributed by atoms with E-state index in [1.807, 2.05) is 18.5 Å². The molecule has 0 unspecified atom stereocenters. The molecule has 0 radical (unpaired) electrons. The van der Waals surface area contributed by atoms with E-state index >= 15 is 0 Å². The van der Waals surface area contributed by atoms with Gasteiger partial charge in [0, 0.05) is 18.9 Å². The maximum absolute atomic E-state index is 4.06. The predicted molar refractivity (Wildman–Crippen MR) is 55.9 cm³/mol. The summed E-state index contributed by atoms with van der Waals surface area (Å²) >= 11 is 0. The first-order valence-corrected chi connectivity index (χ1v) is 4.55. The smallest absolute Gasteiger partial charge is 0.0312 e. The van der Waals surface area contributed by atoms with Gasteiger partial charge in [-0.3, -0.25) is 4.98 Å². The summed E-state index contributed by atoms with van der Waals surface area (Å²) in [5, 5.41) is 3.42. The first-order chi connectivity index (χ1) is 5.95. The Labute approximate surface area is 85.2 Å². The van der Waals surface area contributed by atoms with Crippen LogP contribution >= 0.6 is 12.4 Å². The van der Waals surface area contributed by atoms with Crippen molar-refractivity contribution >= 4 is 12.4 Å². The molecule has 1 saturated carbocycles. The van der Waals surface area contributed by atoms with Gasteiger partial charge in [-0.2, -0.15) is 0 Å². The van der Waals surface area contributed by atoms with Crippen LogP contribution in [-0.2, 0) is 6.54 Å². The molecule has 0 atom stereocenters. The van der Waals surface area contributed by atoms with Gasteiger partial charge in [-0.05, 0) is 36.9 Å². The Hall–Kier alpha value is -0.600. The van der Waals surface area contributed by atoms with E-state index in [-0.39, 0.29) is 12.4 Å². The summed E-state index contributed by atoms with van der Waals surface area (Å²) in [4.78, 5) is 4.06. The second-order valence-electron chi connectivity index (χ2n) is 3.44. The van der Waals surface area contributed by atoms with E-state index in [4.69, 9.17) is 0 Å². The normalized spacial score (nSPS) is 15.1. The molecule has 1 aromatic heterocycles. The molecule has 0 spiro atoms. The zero-order valence-corrected chi connectivity index (χ0v) is 8.39. The molecule has 0 aliphatic heterocycles. The largest absolute Gasteiger partial charge is 0.312 e. The molecule has 0 saturated heterocycles. The SMILES string of the molecule is Cl.c1cncc(CNCC2CC2)c1. The van der Waals surface area contributed by atoms with Gasteiger partial charge in [-0.1, -0.05) is 6.07 Å². The first kappa shape index (κ1) is 10.5. The molecule has 1 heterocycles. The molecule has 3 heteroatoms. The molecule has 13 heavy (non-hydrogen) atoms. The van der Waals surface area contributed by atoms with E-state index in [9.17, 15) is 0 Å². The fraction of sp³-hybridized carbons (Fsp3) is 0.500. The fourth-order valence-electron chi connectivity index (χ4n) is 1.25. The Morgan fingerprint density at radius 1 is 1.46 bits per heavy atom. The van der Waals surface area contributed by atoms with E-state index in [1.54, 1.807) is 0 Å². The van der Waals surface area contributed by atoms with Crippen molar-refractivity contribution in [2.24, 2.45) is 5.92 Å². The first-order valence-electron chi connectivity index (χ1n) is 4.55. The lowest BCUT2D eigenvalue weighted by Gasteiger charge is -2.01. The second-order valence-corrected chi connectivity index (χ2v) is 3.44. The third kappa shape index (κ3) is 3.75. The highest BCUT2D eigenvalue weighted by molar-refractivity contribution is 5.85. The van der Waals surface area contributed by atoms with Crippen LogP contribution in [-0.4, -0.2) is 11.5 Å². The average Bonchev–Trinajstić information content (AvgIpc) is 2.90. The van der Waals surface area contributed by atoms with E-state index in [2.05, 4.69) is 16.4 Å². The number of nitrogens with zero attached hydrogens (tertiary/aromatic N) is 1. The van der Waals surface area contributed by atoms with Crippen molar-refractivity contribution in [3.05, 3.63) is 30.1 Å². The lowest BCUT2D eigenvalue weighted by molar-refractivity contribution is 0.637. The summed E-state index contributed by atoms with van der Waals surface area (Å²) in [6.45, 7) is 2.14. The third-order valence-electron chi connectivity index (χ3n) is 2.18. The van der Waals surface area contributed by atoms with Gasteiger partial charge < -0.3 is 5.32 Å². The Bertz CT molecular complexity index is 234. The minimum Gasteiger partial charge on any atom is -0.312 e. The van der Waals surface area contributed by atoms with Crippen LogP contribution < -0.4 is 5.32 Å². The second kappa shape index (κ2) is 5.20. The number of pyridine rings is 1. The van der Waals surface area contributed by atoms with Crippen molar-refractivity contribution in [2.45, 2.75) is 19.4 Å². The van der Waals surface area contributed by atoms with Crippen molar-refractivity contribution in [3.8, 4) is 0 Å². The molecule has 0 aromatic carbocycles. The highest BCUT2D eigenvalue weighted by Gasteiger charge is 2.19. The molecule has 1 N–H and O–H groups in total. The summed E-state index contributed by atoms with van der Waals surface area (Å²) in [6.07, 6.45) is 6.56. The van der Waals surface area contributed by atoms with E-state index in [0.717, 1.165) is 12.5 Å². The summed E-state index contributed by atoms with van der Waals surface area (Å²) in [6, 6.07) is 4.08. The molecular formula is C10H15ClN2. The Morgan fingerprint density at radius 2 is 2.31 bits per heavy atom. The van der Waals surface area contributed by atoms with Gasteiger partial charge in [0.05, 0.1) is 0 Å². The van der Waals surface area contributed by atoms with Crippen molar-refractivity contribution in [1.29, 1.82) is 0 Å². The zero-order valence-electron chi connectivity index (χ0n) is 7.57. The monoisotopic (exact) mass is 198 g/mol. The molecule has 0 bridgehead atoms. The van der Waals surface area contributed by atoms with Crippen molar-refractivity contribution in [3.63, 3.8) is 0 Å². The lowest BCUT2D eigenvalue weighted by atomic mass is 10.3. The van der Waals surface area contributed by atoms with Gasteiger partial charge in [0.25, 0.3) is 0 Å². The highest BCUT2D eigenvalue weighted by atomic mass is 35.5. The average molecular weight is 199 g/mol. The van der Waals surface area contributed by atoms with Crippen LogP contribution in [0, 0.1) is 5.92 Å². The van der Waals surface area contributed by atoms with E-state index in [0.29, 0.717) is 0 Å². The van der Waals surface area contributed by atoms with Crippen LogP contribution in [0.5, 0.6) is 0 Å². The van der Waals surface area contributed by atoms with Gasteiger partial charge in [-0.15, -0.1) is 12.4 Å². The minimum absolute atomic E-state index is 0. The molecule has 2 rings (SSSR count). The standard InChI is InChI=1S/C10H14N2.ClH/c1-2-10(7-11-5-1)8-12-6-9-3-4-9;/h1-2,5,7,9,12H,3-4,6,8H2;1H. The topological polar surface area (TPSA) is 24.9 Å². The molecule has 2 nitrogen and oxygen atoms in total. The minimum atomic E-state index is 0. The maximum Gasteiger partial charge on any atom is 0.0312 e. The summed E-state index contributed by atoms with van der Waals surface area (Å²) in [5.41, 5.74) is 1.28. The summed E-state index contributed by atoms with van der Waals surface area (Å²) < 4.78 is 0. The fourth-order valence-corrected chi connectivity index (χ4v) is 1.25. The van der Waals surface area contributed by atoms with E-state index in [1.165, 1.54) is 24.9 Å². The van der Waals surface area contributed by atoms with Crippen molar-refractivity contribution < 1.29 is 0 Å². The third-order valence-corrected chi connectivity index (χ3v) is 2.18. The van der Waals surface area contributed by atoms with Crippen LogP contribution in [0.3, 0.4) is 0 Å². The predicted octanol–water partition coefficient (Wildman–Crippen LogP) is 2.00. The number of halogens is 1. The number of hydrogen-bond acceptors (Lipinski definition) is 2. The summed E-state index contributed by atoms with van der Waals surface area (Å²) in [7, 11) is 0. The molecular weight excluding hydrogens is 184 g/mol. The Balaban J connectivity index is 0.000000845.